The van der Waals surface area contributed by atoms with E-state index in [4.69, 9.17) is 18.5 Å². The van der Waals surface area contributed by atoms with E-state index < -0.39 is 26.5 Å². The maximum atomic E-state index is 12.6. The highest BCUT2D eigenvalue weighted by molar-refractivity contribution is 7.47. The highest BCUT2D eigenvalue weighted by atomic mass is 31.2. The van der Waals surface area contributed by atoms with Gasteiger partial charge in [-0.2, -0.15) is 0 Å². The summed E-state index contributed by atoms with van der Waals surface area (Å²) in [5.41, 5.74) is 0. The highest BCUT2D eigenvalue weighted by Crippen LogP contribution is 2.43. The number of esters is 2. The molecule has 0 aromatic rings. The van der Waals surface area contributed by atoms with Crippen LogP contribution in [0.5, 0.6) is 0 Å². The molecule has 0 spiro atoms. The molecule has 0 fully saturated rings. The van der Waals surface area contributed by atoms with Crippen molar-refractivity contribution >= 4 is 19.8 Å². The van der Waals surface area contributed by atoms with Gasteiger partial charge in [0.15, 0.2) is 6.10 Å². The lowest BCUT2D eigenvalue weighted by Gasteiger charge is -2.19. The van der Waals surface area contributed by atoms with Gasteiger partial charge in [-0.15, -0.1) is 0 Å². The molecule has 0 rings (SSSR count). The van der Waals surface area contributed by atoms with Crippen LogP contribution in [0.15, 0.2) is 24.3 Å². The fourth-order valence-electron chi connectivity index (χ4n) is 6.96. The van der Waals surface area contributed by atoms with Gasteiger partial charge in [0.25, 0.3) is 0 Å². The molecule has 0 heterocycles. The van der Waals surface area contributed by atoms with E-state index in [-0.39, 0.29) is 25.6 Å². The van der Waals surface area contributed by atoms with E-state index in [2.05, 4.69) is 38.2 Å². The molecule has 2 unspecified atom stereocenters. The molecule has 8 nitrogen and oxygen atoms in total. The number of unbranched alkanes of at least 4 members (excludes halogenated alkanes) is 29. The third kappa shape index (κ3) is 43.9. The first kappa shape index (κ1) is 55.5. The molecular formula is C48H91O8P. The van der Waals surface area contributed by atoms with E-state index in [1.165, 1.54) is 154 Å². The van der Waals surface area contributed by atoms with Gasteiger partial charge in [0.1, 0.15) is 6.61 Å². The first-order chi connectivity index (χ1) is 27.8. The molecule has 0 aliphatic carbocycles. The van der Waals surface area contributed by atoms with Crippen LogP contribution in [0.1, 0.15) is 245 Å². The number of rotatable bonds is 45. The van der Waals surface area contributed by atoms with Crippen molar-refractivity contribution in [3.05, 3.63) is 24.3 Å². The largest absolute Gasteiger partial charge is 0.472 e. The Morgan fingerprint density at radius 3 is 1.28 bits per heavy atom. The smallest absolute Gasteiger partial charge is 0.462 e. The first-order valence-electron chi connectivity index (χ1n) is 24.1. The summed E-state index contributed by atoms with van der Waals surface area (Å²) in [5.74, 6) is -0.794. The fraction of sp³-hybridized carbons (Fsp3) is 0.875. The normalized spacial score (nSPS) is 13.4. The van der Waals surface area contributed by atoms with Gasteiger partial charge in [-0.05, 0) is 51.9 Å². The summed E-state index contributed by atoms with van der Waals surface area (Å²) in [5, 5.41) is 0. The maximum Gasteiger partial charge on any atom is 0.472 e. The Bertz CT molecular complexity index is 983. The Kier molecular flexibility index (Phi) is 43.0. The third-order valence-electron chi connectivity index (χ3n) is 10.5. The van der Waals surface area contributed by atoms with E-state index in [9.17, 15) is 19.0 Å². The van der Waals surface area contributed by atoms with Crippen molar-refractivity contribution in [3.8, 4) is 0 Å². The Morgan fingerprint density at radius 1 is 0.474 bits per heavy atom. The van der Waals surface area contributed by atoms with Crippen molar-refractivity contribution in [3.63, 3.8) is 0 Å². The van der Waals surface area contributed by atoms with Crippen LogP contribution in [0.25, 0.3) is 0 Å². The first-order valence-corrected chi connectivity index (χ1v) is 25.6. The van der Waals surface area contributed by atoms with Gasteiger partial charge in [0.2, 0.25) is 0 Å². The molecule has 0 aliphatic heterocycles. The molecule has 57 heavy (non-hydrogen) atoms. The number of phosphoric ester groups is 1. The Balaban J connectivity index is 3.99. The summed E-state index contributed by atoms with van der Waals surface area (Å²) in [7, 11) is -4.28. The number of hydrogen-bond donors (Lipinski definition) is 1. The fourth-order valence-corrected chi connectivity index (χ4v) is 7.71. The lowest BCUT2D eigenvalue weighted by molar-refractivity contribution is -0.161. The van der Waals surface area contributed by atoms with Gasteiger partial charge < -0.3 is 14.4 Å². The minimum Gasteiger partial charge on any atom is -0.462 e. The summed E-state index contributed by atoms with van der Waals surface area (Å²) in [4.78, 5) is 34.9. The van der Waals surface area contributed by atoms with Crippen molar-refractivity contribution in [2.24, 2.45) is 0 Å². The van der Waals surface area contributed by atoms with Crippen LogP contribution >= 0.6 is 7.82 Å². The Labute approximate surface area is 352 Å². The van der Waals surface area contributed by atoms with Crippen LogP contribution in [-0.4, -0.2) is 42.8 Å². The summed E-state index contributed by atoms with van der Waals surface area (Å²) >= 11 is 0. The summed E-state index contributed by atoms with van der Waals surface area (Å²) in [6.45, 7) is 5.48. The van der Waals surface area contributed by atoms with Crippen LogP contribution in [0.4, 0.5) is 0 Å². The minimum absolute atomic E-state index is 0.000860. The van der Waals surface area contributed by atoms with Gasteiger partial charge in [0.05, 0.1) is 13.2 Å². The van der Waals surface area contributed by atoms with Crippen LogP contribution < -0.4 is 0 Å². The van der Waals surface area contributed by atoms with E-state index >= 15 is 0 Å². The molecule has 0 radical (unpaired) electrons. The second-order valence-corrected chi connectivity index (χ2v) is 17.6. The molecule has 0 saturated carbocycles. The van der Waals surface area contributed by atoms with Crippen molar-refractivity contribution in [1.29, 1.82) is 0 Å². The molecule has 0 aromatic carbocycles. The topological polar surface area (TPSA) is 108 Å². The predicted octanol–water partition coefficient (Wildman–Crippen LogP) is 15.4. The van der Waals surface area contributed by atoms with Crippen molar-refractivity contribution in [1.82, 2.24) is 0 Å². The van der Waals surface area contributed by atoms with Crippen molar-refractivity contribution < 1.29 is 37.6 Å². The highest BCUT2D eigenvalue weighted by Gasteiger charge is 2.25. The average molecular weight is 827 g/mol. The van der Waals surface area contributed by atoms with Crippen LogP contribution in [0.3, 0.4) is 0 Å². The van der Waals surface area contributed by atoms with Crippen LogP contribution in [0, 0.1) is 0 Å². The lowest BCUT2D eigenvalue weighted by Crippen LogP contribution is -2.29. The van der Waals surface area contributed by atoms with E-state index in [1.54, 1.807) is 6.92 Å². The molecule has 0 aromatic heterocycles. The molecule has 0 bridgehead atoms. The molecule has 0 amide bonds. The molecule has 2 atom stereocenters. The van der Waals surface area contributed by atoms with Crippen LogP contribution in [0.2, 0.25) is 0 Å². The molecule has 1 N–H and O–H groups in total. The maximum absolute atomic E-state index is 12.6. The van der Waals surface area contributed by atoms with E-state index in [1.807, 2.05) is 0 Å². The molecule has 9 heteroatoms. The van der Waals surface area contributed by atoms with Gasteiger partial charge in [0, 0.05) is 12.8 Å². The zero-order chi connectivity index (χ0) is 41.8. The molecule has 0 aliphatic rings. The standard InChI is InChI=1S/C48H91O8P/c1-4-7-9-11-13-15-17-19-21-23-24-25-27-28-30-32-34-36-38-40-42-47(49)53-44-46(45-55-57(51,52)54-6-3)56-48(50)43-41-39-37-35-33-31-29-26-22-20-18-16-14-12-10-8-5-2/h14,16,20,22,46H,4-13,15,17-19,21,23-45H2,1-3H3,(H,51,52)/b16-14-,22-20-. The van der Waals surface area contributed by atoms with Gasteiger partial charge >= 0.3 is 19.8 Å². The Hall–Kier alpha value is -1.47. The number of ether oxygens (including phenoxy) is 2. The zero-order valence-corrected chi connectivity index (χ0v) is 38.4. The quantitative estimate of drug-likeness (QED) is 0.0280. The molecule has 336 valence electrons. The van der Waals surface area contributed by atoms with Gasteiger partial charge in [-0.3, -0.25) is 18.6 Å². The minimum atomic E-state index is -4.28. The predicted molar refractivity (Wildman–Crippen MR) is 239 cm³/mol. The van der Waals surface area contributed by atoms with E-state index in [0.29, 0.717) is 12.8 Å². The summed E-state index contributed by atoms with van der Waals surface area (Å²) in [6, 6.07) is 0. The number of allylic oxidation sites excluding steroid dienone is 4. The number of phosphoric acid groups is 1. The second-order valence-electron chi connectivity index (χ2n) is 16.1. The monoisotopic (exact) mass is 827 g/mol. The van der Waals surface area contributed by atoms with Crippen LogP contribution in [-0.2, 0) is 32.7 Å². The third-order valence-corrected chi connectivity index (χ3v) is 11.6. The molecule has 0 saturated heterocycles. The average Bonchev–Trinajstić information content (AvgIpc) is 3.19. The lowest BCUT2D eigenvalue weighted by atomic mass is 10.0. The van der Waals surface area contributed by atoms with Gasteiger partial charge in [-0.25, -0.2) is 4.57 Å². The van der Waals surface area contributed by atoms with Gasteiger partial charge in [-0.1, -0.05) is 205 Å². The Morgan fingerprint density at radius 2 is 0.842 bits per heavy atom. The van der Waals surface area contributed by atoms with E-state index in [0.717, 1.165) is 51.4 Å². The van der Waals surface area contributed by atoms with Crippen molar-refractivity contribution in [2.75, 3.05) is 19.8 Å². The summed E-state index contributed by atoms with van der Waals surface area (Å²) < 4.78 is 32.7. The molecular weight excluding hydrogens is 735 g/mol. The van der Waals surface area contributed by atoms with Crippen molar-refractivity contribution in [2.45, 2.75) is 252 Å². The number of carbonyl (C=O) groups is 2. The second kappa shape index (κ2) is 44.1. The number of carbonyl (C=O) groups excluding carboxylic acids is 2. The zero-order valence-electron chi connectivity index (χ0n) is 37.5. The number of hydrogen-bond acceptors (Lipinski definition) is 7. The SMILES string of the molecule is CCCCC/C=C\C/C=C\CCCCCCCCCC(=O)OC(COC(=O)CCCCCCCCCCCCCCCCCCCCCC)COP(=O)(O)OCC. The summed E-state index contributed by atoms with van der Waals surface area (Å²) in [6.07, 6.45) is 49.5.